The van der Waals surface area contributed by atoms with E-state index in [9.17, 15) is 22.8 Å². The van der Waals surface area contributed by atoms with E-state index in [1.54, 1.807) is 4.90 Å². The minimum atomic E-state index is -4.37. The molecule has 2 aliphatic rings. The highest BCUT2D eigenvalue weighted by molar-refractivity contribution is 5.91. The highest BCUT2D eigenvalue weighted by atomic mass is 19.4. The van der Waals surface area contributed by atoms with E-state index in [1.807, 2.05) is 0 Å². The molecule has 2 amide bonds. The summed E-state index contributed by atoms with van der Waals surface area (Å²) in [5, 5.41) is 2.67. The number of nitrogens with one attached hydrogen (secondary N) is 1. The van der Waals surface area contributed by atoms with Crippen molar-refractivity contribution in [1.82, 2.24) is 10.2 Å². The quantitative estimate of drug-likeness (QED) is 0.900. The van der Waals surface area contributed by atoms with Crippen molar-refractivity contribution in [2.75, 3.05) is 6.54 Å². The predicted molar refractivity (Wildman–Crippen MR) is 80.9 cm³/mol. The lowest BCUT2D eigenvalue weighted by Gasteiger charge is -2.37. The Morgan fingerprint density at radius 3 is 2.42 bits per heavy atom. The molecule has 2 aliphatic heterocycles. The number of nitrogens with zero attached hydrogens (tertiary/aromatic N) is 1. The van der Waals surface area contributed by atoms with Crippen LogP contribution in [0.15, 0.2) is 24.3 Å². The number of likely N-dealkylation sites (tertiary alicyclic amines) is 1. The third-order valence-corrected chi connectivity index (χ3v) is 4.70. The largest absolute Gasteiger partial charge is 0.416 e. The molecule has 7 heteroatoms. The molecular formula is C17H19F3N2O2. The van der Waals surface area contributed by atoms with E-state index in [4.69, 9.17) is 0 Å². The minimum Gasteiger partial charge on any atom is -0.344 e. The zero-order valence-electron chi connectivity index (χ0n) is 13.1. The van der Waals surface area contributed by atoms with E-state index in [1.165, 1.54) is 12.1 Å². The van der Waals surface area contributed by atoms with Crippen molar-refractivity contribution in [3.8, 4) is 0 Å². The van der Waals surface area contributed by atoms with Gasteiger partial charge in [0.15, 0.2) is 0 Å². The summed E-state index contributed by atoms with van der Waals surface area (Å²) in [7, 11) is 0. The summed E-state index contributed by atoms with van der Waals surface area (Å²) in [5.41, 5.74) is 0.0170. The number of carbonyl (C=O) groups excluding carboxylic acids is 2. The third-order valence-electron chi connectivity index (χ3n) is 4.70. The topological polar surface area (TPSA) is 49.4 Å². The van der Waals surface area contributed by atoms with Crippen molar-refractivity contribution in [1.29, 1.82) is 0 Å². The second-order valence-electron chi connectivity index (χ2n) is 6.32. The first-order valence-electron chi connectivity index (χ1n) is 8.13. The third kappa shape index (κ3) is 3.39. The fraction of sp³-hybridized carbons (Fsp3) is 0.529. The Balaban J connectivity index is 1.79. The minimum absolute atomic E-state index is 0.128. The van der Waals surface area contributed by atoms with Crippen molar-refractivity contribution in [3.63, 3.8) is 0 Å². The monoisotopic (exact) mass is 340 g/mol. The molecule has 0 unspecified atom stereocenters. The van der Waals surface area contributed by atoms with Gasteiger partial charge in [0.05, 0.1) is 11.6 Å². The number of alkyl halides is 3. The molecule has 4 nitrogen and oxygen atoms in total. The smallest absolute Gasteiger partial charge is 0.344 e. The first-order chi connectivity index (χ1) is 11.4. The fourth-order valence-electron chi connectivity index (χ4n) is 3.44. The Morgan fingerprint density at radius 1 is 1.12 bits per heavy atom. The highest BCUT2D eigenvalue weighted by Gasteiger charge is 2.36. The number of rotatable bonds is 2. The van der Waals surface area contributed by atoms with Crippen molar-refractivity contribution < 1.29 is 22.8 Å². The number of hydrogen-bond donors (Lipinski definition) is 1. The van der Waals surface area contributed by atoms with Gasteiger partial charge in [-0.2, -0.15) is 13.2 Å². The second-order valence-corrected chi connectivity index (χ2v) is 6.32. The SMILES string of the molecule is O=C1CC[C@@H](C(=O)N2CCCC[C@H]2c2ccc(C(F)(F)F)cc2)N1. The first kappa shape index (κ1) is 16.8. The van der Waals surface area contributed by atoms with E-state index >= 15 is 0 Å². The second kappa shape index (κ2) is 6.45. The summed E-state index contributed by atoms with van der Waals surface area (Å²) in [5.74, 6) is -0.262. The standard InChI is InChI=1S/C17H19F3N2O2/c18-17(19,20)12-6-4-11(5-7-12)14-3-1-2-10-22(14)16(24)13-8-9-15(23)21-13/h4-7,13-14H,1-3,8-10H2,(H,21,23)/t13-,14-/m0/s1. The molecule has 0 aromatic heterocycles. The van der Waals surface area contributed by atoms with Gasteiger partial charge in [-0.15, -0.1) is 0 Å². The van der Waals surface area contributed by atoms with E-state index in [2.05, 4.69) is 5.32 Å². The zero-order valence-corrected chi connectivity index (χ0v) is 13.1. The zero-order chi connectivity index (χ0) is 17.3. The first-order valence-corrected chi connectivity index (χ1v) is 8.13. The van der Waals surface area contributed by atoms with Gasteiger partial charge >= 0.3 is 6.18 Å². The molecule has 24 heavy (non-hydrogen) atoms. The number of carbonyl (C=O) groups is 2. The molecule has 0 aliphatic carbocycles. The van der Waals surface area contributed by atoms with Crippen LogP contribution in [0.5, 0.6) is 0 Å². The van der Waals surface area contributed by atoms with Gasteiger partial charge in [-0.05, 0) is 43.4 Å². The molecule has 3 rings (SSSR count). The Hall–Kier alpha value is -2.05. The van der Waals surface area contributed by atoms with E-state index in [-0.39, 0.29) is 17.9 Å². The Morgan fingerprint density at radius 2 is 1.83 bits per heavy atom. The lowest BCUT2D eigenvalue weighted by molar-refractivity contribution is -0.138. The summed E-state index contributed by atoms with van der Waals surface area (Å²) in [6.45, 7) is 0.566. The maximum atomic E-state index is 12.7. The van der Waals surface area contributed by atoms with Crippen LogP contribution in [0.3, 0.4) is 0 Å². The number of hydrogen-bond acceptors (Lipinski definition) is 2. The van der Waals surface area contributed by atoms with Crippen molar-refractivity contribution in [2.45, 2.75) is 50.4 Å². The Kier molecular flexibility index (Phi) is 4.51. The molecule has 1 aromatic rings. The maximum Gasteiger partial charge on any atom is 0.416 e. The molecular weight excluding hydrogens is 321 g/mol. The van der Waals surface area contributed by atoms with Crippen LogP contribution in [-0.2, 0) is 15.8 Å². The number of benzene rings is 1. The van der Waals surface area contributed by atoms with Gasteiger partial charge in [0.2, 0.25) is 11.8 Å². The number of amides is 2. The molecule has 1 aromatic carbocycles. The summed E-state index contributed by atoms with van der Waals surface area (Å²) in [6.07, 6.45) is -1.04. The van der Waals surface area contributed by atoms with Crippen molar-refractivity contribution in [3.05, 3.63) is 35.4 Å². The fourth-order valence-corrected chi connectivity index (χ4v) is 3.44. The normalized spacial score (nSPS) is 24.8. The van der Waals surface area contributed by atoms with Gasteiger partial charge in [0.1, 0.15) is 6.04 Å². The van der Waals surface area contributed by atoms with Crippen LogP contribution >= 0.6 is 0 Å². The molecule has 0 bridgehead atoms. The van der Waals surface area contributed by atoms with Crippen LogP contribution in [0.1, 0.15) is 49.3 Å². The van der Waals surface area contributed by atoms with E-state index < -0.39 is 17.8 Å². The number of halogens is 3. The Labute approximate surface area is 138 Å². The molecule has 130 valence electrons. The molecule has 2 fully saturated rings. The van der Waals surface area contributed by atoms with Crippen molar-refractivity contribution in [2.24, 2.45) is 0 Å². The molecule has 1 N–H and O–H groups in total. The van der Waals surface area contributed by atoms with Gasteiger partial charge in [-0.25, -0.2) is 0 Å². The maximum absolute atomic E-state index is 12.7. The van der Waals surface area contributed by atoms with E-state index in [0.717, 1.165) is 31.4 Å². The molecule has 2 heterocycles. The highest BCUT2D eigenvalue weighted by Crippen LogP contribution is 2.34. The lowest BCUT2D eigenvalue weighted by Crippen LogP contribution is -2.47. The average molecular weight is 340 g/mol. The lowest BCUT2D eigenvalue weighted by atomic mass is 9.93. The number of piperidine rings is 1. The average Bonchev–Trinajstić information content (AvgIpc) is 3.00. The van der Waals surface area contributed by atoms with E-state index in [0.29, 0.717) is 24.9 Å². The molecule has 0 saturated carbocycles. The summed E-state index contributed by atoms with van der Waals surface area (Å²) in [6, 6.07) is 4.28. The van der Waals surface area contributed by atoms with Gasteiger partial charge in [-0.3, -0.25) is 9.59 Å². The van der Waals surface area contributed by atoms with Gasteiger partial charge in [0.25, 0.3) is 0 Å². The molecule has 2 saturated heterocycles. The van der Waals surface area contributed by atoms with Crippen LogP contribution in [0.25, 0.3) is 0 Å². The Bertz CT molecular complexity index is 628. The molecule has 0 spiro atoms. The van der Waals surface area contributed by atoms with Gasteiger partial charge < -0.3 is 10.2 Å². The van der Waals surface area contributed by atoms with Crippen molar-refractivity contribution >= 4 is 11.8 Å². The predicted octanol–water partition coefficient (Wildman–Crippen LogP) is 3.04. The van der Waals surface area contributed by atoms with Gasteiger partial charge in [0, 0.05) is 13.0 Å². The molecule has 2 atom stereocenters. The van der Waals surface area contributed by atoms with Crippen LogP contribution in [-0.4, -0.2) is 29.3 Å². The van der Waals surface area contributed by atoms with Gasteiger partial charge in [-0.1, -0.05) is 12.1 Å². The van der Waals surface area contributed by atoms with Crippen LogP contribution in [0, 0.1) is 0 Å². The summed E-state index contributed by atoms with van der Waals surface area (Å²) in [4.78, 5) is 25.7. The summed E-state index contributed by atoms with van der Waals surface area (Å²) >= 11 is 0. The van der Waals surface area contributed by atoms with Crippen LogP contribution in [0.2, 0.25) is 0 Å². The molecule has 0 radical (unpaired) electrons. The van der Waals surface area contributed by atoms with Crippen LogP contribution < -0.4 is 5.32 Å². The summed E-state index contributed by atoms with van der Waals surface area (Å²) < 4.78 is 38.1. The van der Waals surface area contributed by atoms with Crippen LogP contribution in [0.4, 0.5) is 13.2 Å².